The van der Waals surface area contributed by atoms with Crippen molar-refractivity contribution in [2.75, 3.05) is 66.1 Å². The van der Waals surface area contributed by atoms with Crippen molar-refractivity contribution in [1.29, 1.82) is 0 Å². The summed E-state index contributed by atoms with van der Waals surface area (Å²) >= 11 is 0. The van der Waals surface area contributed by atoms with Gasteiger partial charge in [0.25, 0.3) is 0 Å². The maximum Gasteiger partial charge on any atom is 0.231 e. The van der Waals surface area contributed by atoms with Crippen LogP contribution in [0.25, 0.3) is 0 Å². The van der Waals surface area contributed by atoms with Gasteiger partial charge in [-0.1, -0.05) is 153 Å². The molecule has 0 heterocycles. The first kappa shape index (κ1) is 55.6. The van der Waals surface area contributed by atoms with Crippen LogP contribution < -0.4 is 5.32 Å². The van der Waals surface area contributed by atoms with Gasteiger partial charge in [0, 0.05) is 11.5 Å². The van der Waals surface area contributed by atoms with Gasteiger partial charge in [-0.15, -0.1) is 0 Å². The fraction of sp³-hybridized carbons (Fsp3) is 0.978. The number of rotatable bonds is 17. The van der Waals surface area contributed by atoms with Crippen molar-refractivity contribution in [3.05, 3.63) is 0 Å². The fourth-order valence-corrected chi connectivity index (χ4v) is 4.84. The fourth-order valence-electron chi connectivity index (χ4n) is 4.84. The molecule has 0 bridgehead atoms. The SMILES string of the molecule is C.CC(C)(C)COCC(COCC(C)(C)C)(COCC(C)(C)C)C(C)(C)C.CC(C)NC(=O)C(COCC(C)(C)C)(COCC(C)(C)C)C(C)(C)C. The molecular weight excluding hydrogens is 650 g/mol. The first-order valence-electron chi connectivity index (χ1n) is 19.6. The van der Waals surface area contributed by atoms with Gasteiger partial charge in [0.15, 0.2) is 0 Å². The molecule has 0 aromatic carbocycles. The number of amides is 1. The highest BCUT2D eigenvalue weighted by molar-refractivity contribution is 5.84. The van der Waals surface area contributed by atoms with Gasteiger partial charge in [-0.2, -0.15) is 0 Å². The van der Waals surface area contributed by atoms with Crippen LogP contribution in [0.5, 0.6) is 0 Å². The third kappa shape index (κ3) is 25.4. The highest BCUT2D eigenvalue weighted by Gasteiger charge is 2.50. The van der Waals surface area contributed by atoms with Crippen LogP contribution >= 0.6 is 0 Å². The van der Waals surface area contributed by atoms with Gasteiger partial charge in [-0.05, 0) is 51.8 Å². The van der Waals surface area contributed by atoms with E-state index in [0.29, 0.717) is 46.2 Å². The topological polar surface area (TPSA) is 75.2 Å². The lowest BCUT2D eigenvalue weighted by Crippen LogP contribution is -2.56. The standard InChI is InChI=1S/C23H48O3.C21H43NO3.CH4/c1-19(2,3)13-24-16-23(22(10,11)12,17-25-14-20(4,5)6)18-26-15-21(7,8)9;1-16(2)22-17(23)21(20(9,10)11,14-24-12-18(3,4)5)15-25-13-19(6,7)8;/h13-18H2,1-12H3;16H,12-15H2,1-11H3,(H,22,23);1H4. The molecule has 1 N–H and O–H groups in total. The summed E-state index contributed by atoms with van der Waals surface area (Å²) in [5.74, 6) is 0.0119. The van der Waals surface area contributed by atoms with Crippen LogP contribution in [0, 0.1) is 48.7 Å². The van der Waals surface area contributed by atoms with Crippen molar-refractivity contribution in [2.24, 2.45) is 48.7 Å². The monoisotopic (exact) mass is 746 g/mol. The second-order valence-corrected chi connectivity index (χ2v) is 23.8. The summed E-state index contributed by atoms with van der Waals surface area (Å²) in [6.07, 6.45) is 0. The van der Waals surface area contributed by atoms with Gasteiger partial charge in [0.05, 0.1) is 66.1 Å². The minimum atomic E-state index is -0.728. The van der Waals surface area contributed by atoms with Crippen LogP contribution in [0.2, 0.25) is 0 Å². The average molecular weight is 746 g/mol. The molecule has 0 radical (unpaired) electrons. The largest absolute Gasteiger partial charge is 0.380 e. The van der Waals surface area contributed by atoms with E-state index < -0.39 is 5.41 Å². The summed E-state index contributed by atoms with van der Waals surface area (Å²) in [7, 11) is 0. The Balaban J connectivity index is -0.000000907. The zero-order chi connectivity index (χ0) is 41.0. The Kier molecular flexibility index (Phi) is 23.0. The highest BCUT2D eigenvalue weighted by Crippen LogP contribution is 2.42. The Morgan fingerprint density at radius 2 is 0.635 bits per heavy atom. The molecule has 0 fully saturated rings. The van der Waals surface area contributed by atoms with Crippen molar-refractivity contribution in [2.45, 2.75) is 173 Å². The molecule has 0 aliphatic rings. The molecule has 0 rings (SSSR count). The highest BCUT2D eigenvalue weighted by atomic mass is 16.5. The molecule has 7 nitrogen and oxygen atoms in total. The first-order chi connectivity index (χ1) is 22.4. The molecule has 0 aliphatic carbocycles. The minimum Gasteiger partial charge on any atom is -0.380 e. The number of ether oxygens (including phenoxy) is 5. The number of hydrogen-bond acceptors (Lipinski definition) is 6. The zero-order valence-electron chi connectivity index (χ0n) is 38.6. The van der Waals surface area contributed by atoms with Crippen LogP contribution in [-0.4, -0.2) is 78.0 Å². The second-order valence-electron chi connectivity index (χ2n) is 23.8. The molecule has 1 amide bonds. The summed E-state index contributed by atoms with van der Waals surface area (Å²) in [6.45, 7) is 55.8. The van der Waals surface area contributed by atoms with E-state index >= 15 is 0 Å². The molecule has 316 valence electrons. The smallest absolute Gasteiger partial charge is 0.231 e. The van der Waals surface area contributed by atoms with Crippen molar-refractivity contribution >= 4 is 5.91 Å². The molecule has 0 aromatic heterocycles. The van der Waals surface area contributed by atoms with E-state index in [1.807, 2.05) is 13.8 Å². The van der Waals surface area contributed by atoms with Crippen molar-refractivity contribution in [1.82, 2.24) is 5.32 Å². The molecule has 0 aromatic rings. The maximum atomic E-state index is 13.2. The Hall–Kier alpha value is -0.730. The molecule has 0 atom stereocenters. The lowest BCUT2D eigenvalue weighted by atomic mass is 9.66. The van der Waals surface area contributed by atoms with Gasteiger partial charge in [0.2, 0.25) is 5.91 Å². The van der Waals surface area contributed by atoms with E-state index in [0.717, 1.165) is 19.8 Å². The predicted molar refractivity (Wildman–Crippen MR) is 225 cm³/mol. The minimum absolute atomic E-state index is 0. The van der Waals surface area contributed by atoms with Crippen LogP contribution in [0.15, 0.2) is 0 Å². The Morgan fingerprint density at radius 3 is 0.808 bits per heavy atom. The molecule has 52 heavy (non-hydrogen) atoms. The Labute approximate surface area is 326 Å². The molecule has 7 heteroatoms. The average Bonchev–Trinajstić information content (AvgIpc) is 2.82. The number of carbonyl (C=O) groups is 1. The van der Waals surface area contributed by atoms with Crippen LogP contribution in [0.1, 0.15) is 167 Å². The van der Waals surface area contributed by atoms with E-state index in [1.165, 1.54) is 0 Å². The van der Waals surface area contributed by atoms with E-state index in [4.69, 9.17) is 23.7 Å². The van der Waals surface area contributed by atoms with Gasteiger partial charge >= 0.3 is 0 Å². The third-order valence-corrected chi connectivity index (χ3v) is 8.39. The maximum absolute atomic E-state index is 13.2. The van der Waals surface area contributed by atoms with Crippen molar-refractivity contribution in [3.63, 3.8) is 0 Å². The summed E-state index contributed by atoms with van der Waals surface area (Å²) in [6, 6.07) is 0.0828. The van der Waals surface area contributed by atoms with Crippen LogP contribution in [0.3, 0.4) is 0 Å². The molecular formula is C45H95NO6. The van der Waals surface area contributed by atoms with E-state index in [9.17, 15) is 4.79 Å². The van der Waals surface area contributed by atoms with E-state index in [-0.39, 0.29) is 62.7 Å². The summed E-state index contributed by atoms with van der Waals surface area (Å²) < 4.78 is 30.7. The lowest BCUT2D eigenvalue weighted by molar-refractivity contribution is -0.156. The first-order valence-corrected chi connectivity index (χ1v) is 19.6. The van der Waals surface area contributed by atoms with Crippen LogP contribution in [0.4, 0.5) is 0 Å². The van der Waals surface area contributed by atoms with Gasteiger partial charge < -0.3 is 29.0 Å². The number of carbonyl (C=O) groups excluding carboxylic acids is 1. The molecule has 0 saturated heterocycles. The predicted octanol–water partition coefficient (Wildman–Crippen LogP) is 11.5. The summed E-state index contributed by atoms with van der Waals surface area (Å²) in [5, 5.41) is 3.09. The molecule has 0 unspecified atom stereocenters. The Morgan fingerprint density at radius 1 is 0.404 bits per heavy atom. The van der Waals surface area contributed by atoms with Crippen molar-refractivity contribution in [3.8, 4) is 0 Å². The summed E-state index contributed by atoms with van der Waals surface area (Å²) in [5.41, 5.74) is -0.591. The van der Waals surface area contributed by atoms with Crippen molar-refractivity contribution < 1.29 is 28.5 Å². The third-order valence-electron chi connectivity index (χ3n) is 8.39. The number of hydrogen-bond donors (Lipinski definition) is 1. The quantitative estimate of drug-likeness (QED) is 0.160. The van der Waals surface area contributed by atoms with Gasteiger partial charge in [-0.3, -0.25) is 4.79 Å². The normalized spacial score (nSPS) is 14.2. The second kappa shape index (κ2) is 21.5. The summed E-state index contributed by atoms with van der Waals surface area (Å²) in [4.78, 5) is 13.2. The molecule has 0 aliphatic heterocycles. The van der Waals surface area contributed by atoms with E-state index in [1.54, 1.807) is 0 Å². The van der Waals surface area contributed by atoms with Crippen LogP contribution in [-0.2, 0) is 28.5 Å². The van der Waals surface area contributed by atoms with Gasteiger partial charge in [0.1, 0.15) is 5.41 Å². The van der Waals surface area contributed by atoms with Gasteiger partial charge in [-0.25, -0.2) is 0 Å². The van der Waals surface area contributed by atoms with E-state index in [2.05, 4.69) is 151 Å². The number of nitrogens with one attached hydrogen (secondary N) is 1. The molecule has 0 spiro atoms. The zero-order valence-corrected chi connectivity index (χ0v) is 38.6. The Bertz CT molecular complexity index is 883. The lowest BCUT2D eigenvalue weighted by Gasteiger charge is -2.45. The molecule has 0 saturated carbocycles.